The molecule has 1 aromatic carbocycles. The number of benzene rings is 1. The Morgan fingerprint density at radius 3 is 2.49 bits per heavy atom. The molecule has 0 bridgehead atoms. The second-order valence-corrected chi connectivity index (χ2v) is 10.4. The van der Waals surface area contributed by atoms with Crippen molar-refractivity contribution in [1.82, 2.24) is 20.2 Å². The highest BCUT2D eigenvalue weighted by Gasteiger charge is 2.21. The van der Waals surface area contributed by atoms with Crippen molar-refractivity contribution in [3.63, 3.8) is 0 Å². The second kappa shape index (κ2) is 14.1. The molecule has 1 aliphatic rings. The van der Waals surface area contributed by atoms with Crippen molar-refractivity contribution in [2.75, 3.05) is 61.4 Å². The van der Waals surface area contributed by atoms with Gasteiger partial charge in [0.1, 0.15) is 11.0 Å². The van der Waals surface area contributed by atoms with E-state index in [9.17, 15) is 4.79 Å². The molecule has 0 radical (unpaired) electrons. The fourth-order valence-corrected chi connectivity index (χ4v) is 5.32. The quantitative estimate of drug-likeness (QED) is 0.236. The molecule has 1 saturated heterocycles. The fraction of sp³-hybridized carbons (Fsp3) is 0.560. The van der Waals surface area contributed by atoms with Crippen molar-refractivity contribution < 1.29 is 4.79 Å². The van der Waals surface area contributed by atoms with Crippen LogP contribution in [0.3, 0.4) is 0 Å². The first-order chi connectivity index (χ1) is 16.9. The summed E-state index contributed by atoms with van der Waals surface area (Å²) in [6, 6.07) is 9.84. The van der Waals surface area contributed by atoms with Gasteiger partial charge in [0.25, 0.3) is 0 Å². The topological polar surface area (TPSA) is 64.6 Å². The van der Waals surface area contributed by atoms with E-state index in [0.29, 0.717) is 10.3 Å². The van der Waals surface area contributed by atoms with Crippen molar-refractivity contribution in [2.24, 2.45) is 0 Å². The number of hydrogen-bond acceptors (Lipinski definition) is 7. The number of carbonyl (C=O) groups excluding carboxylic acids is 1. The van der Waals surface area contributed by atoms with E-state index in [2.05, 4.69) is 50.8 Å². The maximum absolute atomic E-state index is 12.4. The molecule has 1 atom stereocenters. The lowest BCUT2D eigenvalue weighted by Gasteiger charge is -2.37. The molecule has 192 valence electrons. The van der Waals surface area contributed by atoms with Gasteiger partial charge in [0.2, 0.25) is 5.91 Å². The van der Waals surface area contributed by atoms with E-state index < -0.39 is 0 Å². The number of halogens is 2. The Balaban J connectivity index is 1.47. The maximum atomic E-state index is 12.4. The van der Waals surface area contributed by atoms with Gasteiger partial charge in [-0.25, -0.2) is 9.97 Å². The molecule has 1 N–H and O–H groups in total. The normalized spacial score (nSPS) is 14.9. The number of anilines is 2. The average molecular weight is 540 g/mol. The predicted molar refractivity (Wildman–Crippen MR) is 148 cm³/mol. The van der Waals surface area contributed by atoms with Gasteiger partial charge in [-0.1, -0.05) is 60.9 Å². The number of para-hydroxylation sites is 1. The maximum Gasteiger partial charge on any atom is 0.230 e. The smallest absolute Gasteiger partial charge is 0.230 e. The zero-order chi connectivity index (χ0) is 25.2. The Morgan fingerprint density at radius 2 is 1.80 bits per heavy atom. The third kappa shape index (κ3) is 8.70. The molecule has 1 aliphatic heterocycles. The summed E-state index contributed by atoms with van der Waals surface area (Å²) in [5.41, 5.74) is 1.05. The highest BCUT2D eigenvalue weighted by molar-refractivity contribution is 7.99. The van der Waals surface area contributed by atoms with Gasteiger partial charge in [-0.05, 0) is 51.5 Å². The van der Waals surface area contributed by atoms with Crippen LogP contribution in [-0.4, -0.2) is 78.4 Å². The van der Waals surface area contributed by atoms with E-state index in [4.69, 9.17) is 23.2 Å². The molecule has 1 unspecified atom stereocenters. The zero-order valence-electron chi connectivity index (χ0n) is 20.8. The van der Waals surface area contributed by atoms with Crippen LogP contribution in [0.15, 0.2) is 35.5 Å². The van der Waals surface area contributed by atoms with E-state index in [-0.39, 0.29) is 17.7 Å². The molecule has 2 aromatic rings. The molecule has 35 heavy (non-hydrogen) atoms. The Hall–Kier alpha value is -1.74. The number of nitrogens with zero attached hydrogens (tertiary/aromatic N) is 5. The minimum atomic E-state index is -0.0104. The van der Waals surface area contributed by atoms with Crippen molar-refractivity contribution >= 4 is 52.4 Å². The fourth-order valence-electron chi connectivity index (χ4n) is 4.18. The lowest BCUT2D eigenvalue weighted by atomic mass is 10.2. The van der Waals surface area contributed by atoms with Crippen LogP contribution in [0.2, 0.25) is 10.2 Å². The molecule has 0 spiro atoms. The number of nitrogens with one attached hydrogen (secondary N) is 1. The van der Waals surface area contributed by atoms with Crippen LogP contribution in [-0.2, 0) is 4.79 Å². The molecule has 2 heterocycles. The highest BCUT2D eigenvalue weighted by Crippen LogP contribution is 2.28. The van der Waals surface area contributed by atoms with E-state index >= 15 is 0 Å². The summed E-state index contributed by atoms with van der Waals surface area (Å²) in [5, 5.41) is 4.75. The van der Waals surface area contributed by atoms with E-state index in [1.165, 1.54) is 11.8 Å². The lowest BCUT2D eigenvalue weighted by Crippen LogP contribution is -2.47. The Morgan fingerprint density at radius 1 is 1.11 bits per heavy atom. The van der Waals surface area contributed by atoms with Crippen LogP contribution < -0.4 is 15.1 Å². The molecule has 1 fully saturated rings. The first kappa shape index (κ1) is 27.8. The van der Waals surface area contributed by atoms with Crippen LogP contribution in [0.5, 0.6) is 0 Å². The van der Waals surface area contributed by atoms with Gasteiger partial charge in [-0.15, -0.1) is 0 Å². The molecule has 1 amide bonds. The summed E-state index contributed by atoms with van der Waals surface area (Å²) in [5.74, 6) is 1.04. The van der Waals surface area contributed by atoms with E-state index in [1.54, 1.807) is 6.07 Å². The number of aromatic nitrogens is 2. The van der Waals surface area contributed by atoms with Crippen LogP contribution in [0.1, 0.15) is 33.6 Å². The average Bonchev–Trinajstić information content (AvgIpc) is 2.85. The minimum Gasteiger partial charge on any atom is -0.367 e. The number of thioether (sulfide) groups is 1. The molecule has 0 saturated carbocycles. The first-order valence-electron chi connectivity index (χ1n) is 12.3. The SMILES string of the molecule is CCN(CC)CCCC(C)NC(=O)CSc1nc(Cl)cc(N2CCN(c3ccccc3Cl)CC2)n1. The summed E-state index contributed by atoms with van der Waals surface area (Å²) in [6.45, 7) is 12.9. The molecule has 3 rings (SSSR count). The first-order valence-corrected chi connectivity index (χ1v) is 14.1. The van der Waals surface area contributed by atoms with Crippen LogP contribution in [0.25, 0.3) is 0 Å². The number of carbonyl (C=O) groups is 1. The monoisotopic (exact) mass is 538 g/mol. The van der Waals surface area contributed by atoms with Crippen molar-refractivity contribution in [3.8, 4) is 0 Å². The summed E-state index contributed by atoms with van der Waals surface area (Å²) >= 11 is 14.0. The van der Waals surface area contributed by atoms with E-state index in [1.807, 2.05) is 24.3 Å². The third-order valence-corrected chi connectivity index (χ3v) is 7.56. The Bertz CT molecular complexity index is 953. The summed E-state index contributed by atoms with van der Waals surface area (Å²) in [6.07, 6.45) is 2.03. The van der Waals surface area contributed by atoms with Gasteiger partial charge in [0, 0.05) is 38.3 Å². The van der Waals surface area contributed by atoms with Gasteiger partial charge >= 0.3 is 0 Å². The number of piperazine rings is 1. The van der Waals surface area contributed by atoms with Gasteiger partial charge in [0.05, 0.1) is 16.5 Å². The third-order valence-electron chi connectivity index (χ3n) is 6.20. The lowest BCUT2D eigenvalue weighted by molar-refractivity contribution is -0.119. The summed E-state index contributed by atoms with van der Waals surface area (Å²) < 4.78 is 0. The molecule has 7 nitrogen and oxygen atoms in total. The van der Waals surface area contributed by atoms with Gasteiger partial charge in [-0.3, -0.25) is 4.79 Å². The highest BCUT2D eigenvalue weighted by atomic mass is 35.5. The van der Waals surface area contributed by atoms with Gasteiger partial charge in [0.15, 0.2) is 5.16 Å². The molecule has 1 aromatic heterocycles. The van der Waals surface area contributed by atoms with Crippen LogP contribution in [0, 0.1) is 0 Å². The van der Waals surface area contributed by atoms with Crippen molar-refractivity contribution in [2.45, 2.75) is 44.8 Å². The molecular weight excluding hydrogens is 503 g/mol. The number of rotatable bonds is 12. The largest absolute Gasteiger partial charge is 0.367 e. The summed E-state index contributed by atoms with van der Waals surface area (Å²) in [4.78, 5) is 28.3. The number of amides is 1. The van der Waals surface area contributed by atoms with Crippen molar-refractivity contribution in [3.05, 3.63) is 40.5 Å². The van der Waals surface area contributed by atoms with E-state index in [0.717, 1.165) is 75.2 Å². The second-order valence-electron chi connectivity index (χ2n) is 8.68. The molecular formula is C25H36Cl2N6OS. The minimum absolute atomic E-state index is 0.0104. The van der Waals surface area contributed by atoms with Gasteiger partial charge in [-0.2, -0.15) is 0 Å². The van der Waals surface area contributed by atoms with Crippen LogP contribution in [0.4, 0.5) is 11.5 Å². The predicted octanol–water partition coefficient (Wildman–Crippen LogP) is 4.83. The van der Waals surface area contributed by atoms with Crippen molar-refractivity contribution in [1.29, 1.82) is 0 Å². The summed E-state index contributed by atoms with van der Waals surface area (Å²) in [7, 11) is 0. The molecule has 10 heteroatoms. The van der Waals surface area contributed by atoms with Crippen LogP contribution >= 0.6 is 35.0 Å². The van der Waals surface area contributed by atoms with Gasteiger partial charge < -0.3 is 20.0 Å². The molecule has 0 aliphatic carbocycles. The zero-order valence-corrected chi connectivity index (χ0v) is 23.2. The number of hydrogen-bond donors (Lipinski definition) is 1. The standard InChI is InChI=1S/C25H36Cl2N6OS/c1-4-31(5-2)12-8-9-19(3)28-24(34)18-35-25-29-22(27)17-23(30-25)33-15-13-32(14-16-33)21-11-7-6-10-20(21)26/h6-7,10-11,17,19H,4-5,8-9,12-16,18H2,1-3H3,(H,28,34). The Kier molecular flexibility index (Phi) is 11.2. The Labute approximate surface area is 223 Å².